The van der Waals surface area contributed by atoms with E-state index in [9.17, 15) is 24.9 Å². The Morgan fingerprint density at radius 3 is 2.17 bits per heavy atom. The van der Waals surface area contributed by atoms with Crippen LogP contribution < -0.4 is 21.7 Å². The van der Waals surface area contributed by atoms with Crippen molar-refractivity contribution in [2.45, 2.75) is 75.8 Å². The van der Waals surface area contributed by atoms with Crippen molar-refractivity contribution in [3.05, 3.63) is 52.6 Å². The van der Waals surface area contributed by atoms with E-state index in [-0.39, 0.29) is 11.6 Å². The van der Waals surface area contributed by atoms with Crippen LogP contribution in [0, 0.1) is 28.1 Å². The summed E-state index contributed by atoms with van der Waals surface area (Å²) < 4.78 is 5.28. The molecule has 3 rings (SSSR count). The van der Waals surface area contributed by atoms with E-state index in [1.54, 1.807) is 52.0 Å². The second-order valence-corrected chi connectivity index (χ2v) is 12.4. The Morgan fingerprint density at radius 2 is 1.69 bits per heavy atom. The van der Waals surface area contributed by atoms with Crippen LogP contribution in [-0.4, -0.2) is 47.6 Å². The molecule has 0 saturated carbocycles. The van der Waals surface area contributed by atoms with Crippen molar-refractivity contribution in [2.24, 2.45) is 16.9 Å². The van der Waals surface area contributed by atoms with Crippen LogP contribution in [0.25, 0.3) is 0 Å². The molecular weight excluding hydrogens is 554 g/mol. The fourth-order valence-corrected chi connectivity index (χ4v) is 5.89. The number of nitrogens with one attached hydrogen (secondary N) is 1. The molecule has 0 bridgehead atoms. The fraction of sp³-hybridized carbons (Fsp3) is 0.467. The number of amides is 3. The summed E-state index contributed by atoms with van der Waals surface area (Å²) in [6.07, 6.45) is 0.457. The van der Waals surface area contributed by atoms with E-state index < -0.39 is 34.2 Å². The number of nitrogens with zero attached hydrogens (tertiary/aromatic N) is 4. The fourth-order valence-electron chi connectivity index (χ4n) is 4.83. The number of nitriles is 2. The lowest BCUT2D eigenvalue weighted by atomic mass is 9.76. The summed E-state index contributed by atoms with van der Waals surface area (Å²) in [7, 11) is 0. The van der Waals surface area contributed by atoms with Crippen molar-refractivity contribution in [3.8, 4) is 12.1 Å². The van der Waals surface area contributed by atoms with Crippen LogP contribution in [0.1, 0.15) is 75.0 Å². The molecule has 2 heterocycles. The van der Waals surface area contributed by atoms with E-state index in [1.165, 1.54) is 0 Å². The van der Waals surface area contributed by atoms with Crippen LogP contribution in [0.5, 0.6) is 0 Å². The zero-order valence-electron chi connectivity index (χ0n) is 24.6. The molecule has 42 heavy (non-hydrogen) atoms. The van der Waals surface area contributed by atoms with Gasteiger partial charge in [0.25, 0.3) is 5.91 Å². The summed E-state index contributed by atoms with van der Waals surface area (Å²) in [6, 6.07) is 13.2. The second-order valence-electron chi connectivity index (χ2n) is 11.3. The van der Waals surface area contributed by atoms with Gasteiger partial charge in [0, 0.05) is 24.5 Å². The van der Waals surface area contributed by atoms with Gasteiger partial charge in [-0.05, 0) is 37.3 Å². The smallest absolute Gasteiger partial charge is 0.405 e. The molecule has 1 aromatic heterocycles. The van der Waals surface area contributed by atoms with Crippen LogP contribution in [0.4, 0.5) is 10.6 Å². The first-order valence-electron chi connectivity index (χ1n) is 13.7. The van der Waals surface area contributed by atoms with E-state index in [0.29, 0.717) is 59.9 Å². The highest BCUT2D eigenvalue weighted by Crippen LogP contribution is 2.40. The van der Waals surface area contributed by atoms with Crippen molar-refractivity contribution in [3.63, 3.8) is 0 Å². The largest absolute Gasteiger partial charge is 0.433 e. The molecular formula is C30H37N7O4S. The lowest BCUT2D eigenvalue weighted by Gasteiger charge is -2.41. The van der Waals surface area contributed by atoms with Gasteiger partial charge in [-0.2, -0.15) is 10.5 Å². The van der Waals surface area contributed by atoms with E-state index in [2.05, 4.69) is 17.5 Å². The third-order valence-electron chi connectivity index (χ3n) is 7.71. The summed E-state index contributed by atoms with van der Waals surface area (Å²) in [4.78, 5) is 44.0. The number of rotatable bonds is 9. The number of piperidine rings is 1. The van der Waals surface area contributed by atoms with Gasteiger partial charge in [-0.15, -0.1) is 0 Å². The Morgan fingerprint density at radius 1 is 1.10 bits per heavy atom. The standard InChI is InChI=1S/C30H37N7O4S/c1-6-20-21(16-31)25(36-26(22(20)17-32)42-23(24(33)38)18-10-8-7-9-11-18)37-14-12-19(13-15-37)35-27(39)30(5,29(2,3)4)41-28(34)40/h7-11,19,23H,6,12-15H2,1-5H3,(H2,33,38)(H2,34,40)(H,35,39). The van der Waals surface area contributed by atoms with Gasteiger partial charge >= 0.3 is 6.09 Å². The molecule has 1 aromatic carbocycles. The van der Waals surface area contributed by atoms with Crippen LogP contribution >= 0.6 is 11.8 Å². The molecule has 11 nitrogen and oxygen atoms in total. The number of nitrogens with two attached hydrogens (primary N) is 2. The van der Waals surface area contributed by atoms with Crippen LogP contribution in [0.15, 0.2) is 35.4 Å². The Balaban J connectivity index is 1.90. The normalized spacial score (nSPS) is 15.9. The summed E-state index contributed by atoms with van der Waals surface area (Å²) in [5.41, 5.74) is 10.6. The summed E-state index contributed by atoms with van der Waals surface area (Å²) in [6.45, 7) is 9.71. The molecule has 222 valence electrons. The molecule has 1 aliphatic heterocycles. The number of primary amides is 2. The number of pyridine rings is 1. The van der Waals surface area contributed by atoms with Crippen molar-refractivity contribution in [1.29, 1.82) is 10.5 Å². The Hall–Kier alpha value is -4.29. The molecule has 3 amide bonds. The van der Waals surface area contributed by atoms with E-state index in [4.69, 9.17) is 21.2 Å². The maximum Gasteiger partial charge on any atom is 0.405 e. The maximum absolute atomic E-state index is 13.3. The number of benzene rings is 1. The van der Waals surface area contributed by atoms with E-state index in [0.717, 1.165) is 11.8 Å². The molecule has 1 aliphatic rings. The lowest BCUT2D eigenvalue weighted by molar-refractivity contribution is -0.150. The molecule has 1 fully saturated rings. The van der Waals surface area contributed by atoms with Gasteiger partial charge in [0.15, 0.2) is 5.60 Å². The maximum atomic E-state index is 13.3. The predicted molar refractivity (Wildman–Crippen MR) is 159 cm³/mol. The molecule has 2 aromatic rings. The first-order valence-corrected chi connectivity index (χ1v) is 14.6. The minimum absolute atomic E-state index is 0.215. The van der Waals surface area contributed by atoms with Gasteiger partial charge in [0.2, 0.25) is 5.91 Å². The van der Waals surface area contributed by atoms with Crippen molar-refractivity contribution in [2.75, 3.05) is 18.0 Å². The number of carbonyl (C=O) groups excluding carboxylic acids is 3. The van der Waals surface area contributed by atoms with E-state index in [1.807, 2.05) is 17.9 Å². The van der Waals surface area contributed by atoms with Crippen molar-refractivity contribution < 1.29 is 19.1 Å². The van der Waals surface area contributed by atoms with Crippen molar-refractivity contribution >= 4 is 35.5 Å². The van der Waals surface area contributed by atoms with Gasteiger partial charge in [0.1, 0.15) is 28.2 Å². The number of aromatic nitrogens is 1. The molecule has 1 saturated heterocycles. The number of hydrogen-bond donors (Lipinski definition) is 3. The van der Waals surface area contributed by atoms with Gasteiger partial charge in [-0.25, -0.2) is 9.78 Å². The summed E-state index contributed by atoms with van der Waals surface area (Å²) >= 11 is 1.09. The Kier molecular flexibility index (Phi) is 10.1. The molecule has 2 atom stereocenters. The Labute approximate surface area is 250 Å². The highest BCUT2D eigenvalue weighted by Gasteiger charge is 2.48. The van der Waals surface area contributed by atoms with Crippen LogP contribution in [-0.2, 0) is 20.7 Å². The molecule has 12 heteroatoms. The topological polar surface area (TPSA) is 188 Å². The van der Waals surface area contributed by atoms with Crippen molar-refractivity contribution in [1.82, 2.24) is 10.3 Å². The Bertz CT molecular complexity index is 1420. The summed E-state index contributed by atoms with van der Waals surface area (Å²) in [5.74, 6) is -0.583. The quantitative estimate of drug-likeness (QED) is 0.365. The van der Waals surface area contributed by atoms with Crippen LogP contribution in [0.3, 0.4) is 0 Å². The van der Waals surface area contributed by atoms with Gasteiger partial charge < -0.3 is 26.4 Å². The van der Waals surface area contributed by atoms with Crippen LogP contribution in [0.2, 0.25) is 0 Å². The minimum atomic E-state index is -1.48. The van der Waals surface area contributed by atoms with Gasteiger partial charge in [-0.3, -0.25) is 9.59 Å². The molecule has 5 N–H and O–H groups in total. The lowest BCUT2D eigenvalue weighted by Crippen LogP contribution is -2.59. The van der Waals surface area contributed by atoms with Gasteiger partial charge in [0.05, 0.1) is 11.1 Å². The zero-order chi connectivity index (χ0) is 31.2. The first-order chi connectivity index (χ1) is 19.8. The number of hydrogen-bond acceptors (Lipinski definition) is 9. The predicted octanol–water partition coefficient (Wildman–Crippen LogP) is 3.69. The van der Waals surface area contributed by atoms with Gasteiger partial charge in [-0.1, -0.05) is 69.8 Å². The number of carbonyl (C=O) groups is 3. The highest BCUT2D eigenvalue weighted by molar-refractivity contribution is 8.00. The second kappa shape index (κ2) is 13.1. The van der Waals surface area contributed by atoms with E-state index >= 15 is 0 Å². The average Bonchev–Trinajstić information content (AvgIpc) is 2.94. The highest BCUT2D eigenvalue weighted by atomic mass is 32.2. The SMILES string of the molecule is CCc1c(C#N)c(SC(C(N)=O)c2ccccc2)nc(N2CCC(NC(=O)C(C)(OC(N)=O)C(C)(C)C)CC2)c1C#N. The minimum Gasteiger partial charge on any atom is -0.433 e. The monoisotopic (exact) mass is 591 g/mol. The molecule has 2 unspecified atom stereocenters. The third-order valence-corrected chi connectivity index (χ3v) is 8.97. The first kappa shape index (κ1) is 32.2. The molecule has 0 radical (unpaired) electrons. The average molecular weight is 592 g/mol. The molecule has 0 spiro atoms. The zero-order valence-corrected chi connectivity index (χ0v) is 25.4. The number of ether oxygens (including phenoxy) is 1. The molecule has 0 aliphatic carbocycles. The number of thioether (sulfide) groups is 1. The summed E-state index contributed by atoms with van der Waals surface area (Å²) in [5, 5.41) is 22.7. The third kappa shape index (κ3) is 6.77. The number of anilines is 1.